The average molecular weight is 244 g/mol. The molecular weight excluding hydrogens is 234 g/mol. The van der Waals surface area contributed by atoms with Gasteiger partial charge in [-0.25, -0.2) is 8.78 Å². The van der Waals surface area contributed by atoms with Crippen molar-refractivity contribution in [3.63, 3.8) is 0 Å². The Bertz CT molecular complexity index is 627. The molecule has 18 heavy (non-hydrogen) atoms. The zero-order valence-electron chi connectivity index (χ0n) is 9.71. The monoisotopic (exact) mass is 244 g/mol. The quantitative estimate of drug-likeness (QED) is 0.733. The fraction of sp³-hybridized carbons (Fsp3) is 0.0667. The van der Waals surface area contributed by atoms with E-state index in [0.717, 1.165) is 6.07 Å². The molecule has 0 atom stereocenters. The summed E-state index contributed by atoms with van der Waals surface area (Å²) in [5, 5.41) is 0. The molecule has 0 amide bonds. The molecule has 2 aromatic rings. The minimum atomic E-state index is -0.642. The van der Waals surface area contributed by atoms with E-state index >= 15 is 0 Å². The number of halogens is 2. The Morgan fingerprint density at radius 3 is 2.39 bits per heavy atom. The molecule has 0 radical (unpaired) electrons. The highest BCUT2D eigenvalue weighted by atomic mass is 19.1. The molecule has 0 spiro atoms. The zero-order chi connectivity index (χ0) is 13.1. The summed E-state index contributed by atoms with van der Waals surface area (Å²) < 4.78 is 31.6. The van der Waals surface area contributed by atoms with Crippen molar-refractivity contribution in [3.8, 4) is 29.2 Å². The zero-order valence-corrected chi connectivity index (χ0v) is 9.71. The van der Waals surface area contributed by atoms with E-state index in [0.29, 0.717) is 16.9 Å². The Morgan fingerprint density at radius 2 is 1.78 bits per heavy atom. The molecule has 2 rings (SSSR count). The Kier molecular flexibility index (Phi) is 3.29. The molecule has 0 aliphatic carbocycles. The highest BCUT2D eigenvalue weighted by Crippen LogP contribution is 2.29. The van der Waals surface area contributed by atoms with Crippen LogP contribution in [0.15, 0.2) is 36.4 Å². The van der Waals surface area contributed by atoms with E-state index in [1.807, 2.05) is 0 Å². The molecule has 2 aromatic carbocycles. The number of hydrogen-bond donors (Lipinski definition) is 0. The van der Waals surface area contributed by atoms with Crippen molar-refractivity contribution in [3.05, 3.63) is 53.6 Å². The molecule has 0 aromatic heterocycles. The summed E-state index contributed by atoms with van der Waals surface area (Å²) in [4.78, 5) is 0. The number of benzene rings is 2. The minimum Gasteiger partial charge on any atom is -0.497 e. The van der Waals surface area contributed by atoms with E-state index in [4.69, 9.17) is 11.2 Å². The summed E-state index contributed by atoms with van der Waals surface area (Å²) in [6.07, 6.45) is 5.39. The Balaban J connectivity index is 2.60. The summed E-state index contributed by atoms with van der Waals surface area (Å²) in [5.41, 5.74) is 1.31. The van der Waals surface area contributed by atoms with Crippen LogP contribution in [0.5, 0.6) is 5.75 Å². The van der Waals surface area contributed by atoms with Crippen LogP contribution in [0.25, 0.3) is 11.1 Å². The maximum atomic E-state index is 13.7. The number of terminal acetylenes is 1. The summed E-state index contributed by atoms with van der Waals surface area (Å²) in [7, 11) is 1.52. The van der Waals surface area contributed by atoms with Crippen molar-refractivity contribution in [2.24, 2.45) is 0 Å². The molecule has 3 heteroatoms. The molecule has 1 nitrogen and oxygen atoms in total. The Labute approximate surface area is 104 Å². The van der Waals surface area contributed by atoms with Crippen LogP contribution in [0.4, 0.5) is 8.78 Å². The molecular formula is C15H10F2O. The summed E-state index contributed by atoms with van der Waals surface area (Å²) in [6.45, 7) is 0. The molecule has 90 valence electrons. The van der Waals surface area contributed by atoms with Crippen LogP contribution >= 0.6 is 0 Å². The maximum absolute atomic E-state index is 13.7. The highest BCUT2D eigenvalue weighted by molar-refractivity contribution is 5.72. The van der Waals surface area contributed by atoms with E-state index in [1.54, 1.807) is 18.2 Å². The third-order valence-corrected chi connectivity index (χ3v) is 2.60. The van der Waals surface area contributed by atoms with Crippen LogP contribution in [-0.4, -0.2) is 7.11 Å². The van der Waals surface area contributed by atoms with E-state index in [2.05, 4.69) is 5.92 Å². The third kappa shape index (κ3) is 2.18. The predicted molar refractivity (Wildman–Crippen MR) is 66.3 cm³/mol. The van der Waals surface area contributed by atoms with E-state index in [9.17, 15) is 8.78 Å². The Morgan fingerprint density at radius 1 is 1.06 bits per heavy atom. The van der Waals surface area contributed by atoms with Crippen molar-refractivity contribution in [2.45, 2.75) is 0 Å². The summed E-state index contributed by atoms with van der Waals surface area (Å²) in [6, 6.07) is 8.37. The van der Waals surface area contributed by atoms with Crippen LogP contribution in [-0.2, 0) is 0 Å². The van der Waals surface area contributed by atoms with E-state index < -0.39 is 11.6 Å². The van der Waals surface area contributed by atoms with Gasteiger partial charge in [0.15, 0.2) is 0 Å². The molecule has 0 saturated carbocycles. The van der Waals surface area contributed by atoms with Gasteiger partial charge in [-0.2, -0.15) is 0 Å². The van der Waals surface area contributed by atoms with Gasteiger partial charge in [0.1, 0.15) is 17.4 Å². The number of rotatable bonds is 2. The first-order chi connectivity index (χ1) is 8.65. The van der Waals surface area contributed by atoms with Gasteiger partial charge in [0.05, 0.1) is 7.11 Å². The second kappa shape index (κ2) is 4.89. The lowest BCUT2D eigenvalue weighted by atomic mass is 9.99. The van der Waals surface area contributed by atoms with Gasteiger partial charge < -0.3 is 4.74 Å². The predicted octanol–water partition coefficient (Wildman–Crippen LogP) is 3.62. The molecule has 0 unspecified atom stereocenters. The first kappa shape index (κ1) is 12.1. The fourth-order valence-corrected chi connectivity index (χ4v) is 1.71. The first-order valence-corrected chi connectivity index (χ1v) is 5.26. The standard InChI is InChI=1S/C15H10F2O/c1-3-10-8-12(18-2)5-7-13(10)14-6-4-11(16)9-15(14)17/h1,4-9H,2H3. The molecule has 0 heterocycles. The lowest BCUT2D eigenvalue weighted by Crippen LogP contribution is -1.91. The SMILES string of the molecule is C#Cc1cc(OC)ccc1-c1ccc(F)cc1F. The van der Waals surface area contributed by atoms with E-state index in [1.165, 1.54) is 19.2 Å². The van der Waals surface area contributed by atoms with Gasteiger partial charge in [-0.3, -0.25) is 0 Å². The lowest BCUT2D eigenvalue weighted by Gasteiger charge is -2.08. The number of methoxy groups -OCH3 is 1. The molecule has 0 saturated heterocycles. The second-order valence-electron chi connectivity index (χ2n) is 3.68. The minimum absolute atomic E-state index is 0.270. The van der Waals surface area contributed by atoms with Gasteiger partial charge in [-0.05, 0) is 30.3 Å². The fourth-order valence-electron chi connectivity index (χ4n) is 1.71. The van der Waals surface area contributed by atoms with Crippen LogP contribution < -0.4 is 4.74 Å². The van der Waals surface area contributed by atoms with E-state index in [-0.39, 0.29) is 5.56 Å². The third-order valence-electron chi connectivity index (χ3n) is 2.60. The average Bonchev–Trinajstić information content (AvgIpc) is 2.38. The van der Waals surface area contributed by atoms with Crippen molar-refractivity contribution in [2.75, 3.05) is 7.11 Å². The van der Waals surface area contributed by atoms with Gasteiger partial charge in [0.25, 0.3) is 0 Å². The largest absolute Gasteiger partial charge is 0.497 e. The number of hydrogen-bond acceptors (Lipinski definition) is 1. The van der Waals surface area contributed by atoms with Crippen molar-refractivity contribution >= 4 is 0 Å². The van der Waals surface area contributed by atoms with Crippen molar-refractivity contribution in [1.82, 2.24) is 0 Å². The van der Waals surface area contributed by atoms with Gasteiger partial charge in [0, 0.05) is 22.8 Å². The molecule has 0 N–H and O–H groups in total. The maximum Gasteiger partial charge on any atom is 0.133 e. The van der Waals surface area contributed by atoms with Crippen molar-refractivity contribution in [1.29, 1.82) is 0 Å². The van der Waals surface area contributed by atoms with Gasteiger partial charge >= 0.3 is 0 Å². The van der Waals surface area contributed by atoms with Crippen LogP contribution in [0.2, 0.25) is 0 Å². The van der Waals surface area contributed by atoms with Crippen LogP contribution in [0.3, 0.4) is 0 Å². The van der Waals surface area contributed by atoms with Crippen LogP contribution in [0, 0.1) is 24.0 Å². The first-order valence-electron chi connectivity index (χ1n) is 5.26. The van der Waals surface area contributed by atoms with Crippen molar-refractivity contribution < 1.29 is 13.5 Å². The topological polar surface area (TPSA) is 9.23 Å². The molecule has 0 bridgehead atoms. The normalized spacial score (nSPS) is 9.89. The molecule has 0 fully saturated rings. The number of ether oxygens (including phenoxy) is 1. The lowest BCUT2D eigenvalue weighted by molar-refractivity contribution is 0.414. The van der Waals surface area contributed by atoms with Gasteiger partial charge in [-0.15, -0.1) is 6.42 Å². The highest BCUT2D eigenvalue weighted by Gasteiger charge is 2.10. The van der Waals surface area contributed by atoms with Gasteiger partial charge in [-0.1, -0.05) is 5.92 Å². The van der Waals surface area contributed by atoms with Gasteiger partial charge in [0.2, 0.25) is 0 Å². The summed E-state index contributed by atoms with van der Waals surface area (Å²) >= 11 is 0. The second-order valence-corrected chi connectivity index (χ2v) is 3.68. The molecule has 0 aliphatic rings. The molecule has 0 aliphatic heterocycles. The smallest absolute Gasteiger partial charge is 0.133 e. The Hall–Kier alpha value is -2.34. The van der Waals surface area contributed by atoms with Crippen LogP contribution in [0.1, 0.15) is 5.56 Å². The summed E-state index contributed by atoms with van der Waals surface area (Å²) in [5.74, 6) is 1.80.